The lowest BCUT2D eigenvalue weighted by atomic mass is 9.76. The first-order valence-corrected chi connectivity index (χ1v) is 8.91. The van der Waals surface area contributed by atoms with Gasteiger partial charge in [-0.3, -0.25) is 4.99 Å². The van der Waals surface area contributed by atoms with Crippen molar-refractivity contribution in [3.8, 4) is 0 Å². The van der Waals surface area contributed by atoms with E-state index in [-0.39, 0.29) is 22.8 Å². The summed E-state index contributed by atoms with van der Waals surface area (Å²) in [5.74, 6) is 0.266. The summed E-state index contributed by atoms with van der Waals surface area (Å²) in [4.78, 5) is 12.7. The number of rotatable bonds is 1. The minimum absolute atomic E-state index is 0.0476. The molecule has 2 atom stereocenters. The molecule has 0 aromatic carbocycles. The van der Waals surface area contributed by atoms with Crippen LogP contribution in [0.3, 0.4) is 0 Å². The van der Waals surface area contributed by atoms with Gasteiger partial charge in [-0.05, 0) is 42.8 Å². The third kappa shape index (κ3) is 1.59. The molecule has 1 aromatic rings. The van der Waals surface area contributed by atoms with Crippen molar-refractivity contribution >= 4 is 27.3 Å². The Hall–Kier alpha value is -1.21. The molecule has 4 rings (SSSR count). The quantitative estimate of drug-likeness (QED) is 0.771. The second-order valence-electron chi connectivity index (χ2n) is 6.36. The molecule has 2 N–H and O–H groups in total. The minimum Gasteiger partial charge on any atom is -0.386 e. The van der Waals surface area contributed by atoms with Gasteiger partial charge in [0, 0.05) is 12.6 Å². The molecule has 1 aromatic heterocycles. The molecule has 0 bridgehead atoms. The summed E-state index contributed by atoms with van der Waals surface area (Å²) >= 11 is 5.83. The van der Waals surface area contributed by atoms with Gasteiger partial charge in [0.25, 0.3) is 0 Å². The van der Waals surface area contributed by atoms with Gasteiger partial charge in [-0.1, -0.05) is 0 Å². The molecule has 0 radical (unpaired) electrons. The maximum Gasteiger partial charge on any atom is 0.222 e. The first kappa shape index (κ1) is 13.5. The highest BCUT2D eigenvalue weighted by Crippen LogP contribution is 2.52. The molecule has 1 saturated carbocycles. The number of hydrogen-bond acceptors (Lipinski definition) is 6. The predicted octanol–water partition coefficient (Wildman–Crippen LogP) is 0.836. The number of fused-ring (bicyclic) bond motifs is 2. The monoisotopic (exact) mass is 326 g/mol. The van der Waals surface area contributed by atoms with E-state index in [9.17, 15) is 8.42 Å². The zero-order valence-electron chi connectivity index (χ0n) is 11.5. The number of nitrogens with zero attached hydrogens (tertiary/aromatic N) is 3. The number of nitrogens with two attached hydrogens (primary N) is 1. The van der Waals surface area contributed by atoms with E-state index in [0.29, 0.717) is 12.1 Å². The molecule has 2 aliphatic carbocycles. The van der Waals surface area contributed by atoms with Crippen LogP contribution in [0.2, 0.25) is 5.28 Å². The molecule has 0 amide bonds. The van der Waals surface area contributed by atoms with E-state index in [1.165, 1.54) is 0 Å². The van der Waals surface area contributed by atoms with Gasteiger partial charge in [-0.25, -0.2) is 18.4 Å². The normalized spacial score (nSPS) is 36.8. The van der Waals surface area contributed by atoms with E-state index in [2.05, 4.69) is 15.0 Å². The lowest BCUT2D eigenvalue weighted by Crippen LogP contribution is -2.61. The second-order valence-corrected chi connectivity index (χ2v) is 9.06. The summed E-state index contributed by atoms with van der Waals surface area (Å²) in [6.45, 7) is 1.71. The second kappa shape index (κ2) is 3.76. The fourth-order valence-corrected chi connectivity index (χ4v) is 5.99. The molecule has 0 saturated heterocycles. The Bertz CT molecular complexity index is 789. The van der Waals surface area contributed by atoms with Crippen molar-refractivity contribution in [1.82, 2.24) is 9.97 Å². The van der Waals surface area contributed by atoms with Crippen LogP contribution < -0.4 is 5.73 Å². The average Bonchev–Trinajstić information content (AvgIpc) is 3.21. The van der Waals surface area contributed by atoms with Crippen LogP contribution in [0.4, 0.5) is 0 Å². The van der Waals surface area contributed by atoms with E-state index in [0.717, 1.165) is 18.4 Å². The number of halogens is 1. The van der Waals surface area contributed by atoms with Crippen LogP contribution in [-0.2, 0) is 21.8 Å². The van der Waals surface area contributed by atoms with Crippen molar-refractivity contribution < 1.29 is 8.42 Å². The fourth-order valence-electron chi connectivity index (χ4n) is 3.52. The molecule has 2 heterocycles. The molecule has 1 aliphatic heterocycles. The van der Waals surface area contributed by atoms with E-state index in [1.807, 2.05) is 0 Å². The maximum absolute atomic E-state index is 12.9. The van der Waals surface area contributed by atoms with Crippen molar-refractivity contribution in [2.75, 3.05) is 5.75 Å². The Balaban J connectivity index is 1.87. The summed E-state index contributed by atoms with van der Waals surface area (Å²) in [6, 6.07) is 0. The zero-order chi connectivity index (χ0) is 15.0. The minimum atomic E-state index is -3.39. The number of amidine groups is 1. The summed E-state index contributed by atoms with van der Waals surface area (Å²) in [5.41, 5.74) is 6.74. The van der Waals surface area contributed by atoms with Gasteiger partial charge >= 0.3 is 0 Å². The van der Waals surface area contributed by atoms with Gasteiger partial charge in [0.1, 0.15) is 16.1 Å². The molecule has 1 fully saturated rings. The number of sulfone groups is 1. The molecule has 3 aliphatic rings. The summed E-state index contributed by atoms with van der Waals surface area (Å²) in [6.07, 6.45) is 3.91. The predicted molar refractivity (Wildman–Crippen MR) is 79.0 cm³/mol. The molecule has 112 valence electrons. The average molecular weight is 327 g/mol. The van der Waals surface area contributed by atoms with E-state index in [1.54, 1.807) is 13.1 Å². The number of hydrogen-bond donors (Lipinski definition) is 1. The third-order valence-corrected chi connectivity index (χ3v) is 7.91. The van der Waals surface area contributed by atoms with Crippen LogP contribution in [0.1, 0.15) is 31.0 Å². The van der Waals surface area contributed by atoms with E-state index in [4.69, 9.17) is 17.3 Å². The first-order valence-electron chi connectivity index (χ1n) is 6.88. The SMILES string of the molecule is C[C@]1(C2CC2)C(N)=N[C@@]2(Cc3cnc(Cl)nc32)CS1(=O)=O. The Morgan fingerprint density at radius 3 is 2.76 bits per heavy atom. The maximum atomic E-state index is 12.9. The largest absolute Gasteiger partial charge is 0.386 e. The topological polar surface area (TPSA) is 98.3 Å². The third-order valence-electron chi connectivity index (χ3n) is 5.03. The smallest absolute Gasteiger partial charge is 0.222 e. The number of aliphatic imine (C=N–C) groups is 1. The lowest BCUT2D eigenvalue weighted by molar-refractivity contribution is 0.390. The van der Waals surface area contributed by atoms with Crippen molar-refractivity contribution in [2.45, 2.75) is 36.5 Å². The summed E-state index contributed by atoms with van der Waals surface area (Å²) < 4.78 is 24.7. The van der Waals surface area contributed by atoms with Crippen molar-refractivity contribution in [2.24, 2.45) is 16.6 Å². The highest BCUT2D eigenvalue weighted by Gasteiger charge is 2.62. The van der Waals surface area contributed by atoms with Gasteiger partial charge in [0.05, 0.1) is 11.4 Å². The van der Waals surface area contributed by atoms with Crippen molar-refractivity contribution in [3.05, 3.63) is 22.7 Å². The Labute approximate surface area is 127 Å². The Morgan fingerprint density at radius 1 is 1.43 bits per heavy atom. The molecule has 6 nitrogen and oxygen atoms in total. The standard InChI is InChI=1S/C13H15ClN4O2S/c1-12(8-2-3-8)10(15)18-13(6-21(12,19)20)4-7-5-16-11(14)17-9(7)13/h5,8H,2-4,6H2,1H3,(H2,15,18)/t12-,13-/m0/s1. The van der Waals surface area contributed by atoms with Crippen LogP contribution in [0.15, 0.2) is 11.2 Å². The van der Waals surface area contributed by atoms with E-state index < -0.39 is 20.1 Å². The van der Waals surface area contributed by atoms with Crippen LogP contribution in [0.5, 0.6) is 0 Å². The van der Waals surface area contributed by atoms with Crippen LogP contribution in [0.25, 0.3) is 0 Å². The van der Waals surface area contributed by atoms with Gasteiger partial charge in [0.15, 0.2) is 9.84 Å². The summed E-state index contributed by atoms with van der Waals surface area (Å²) in [7, 11) is -3.39. The van der Waals surface area contributed by atoms with Crippen molar-refractivity contribution in [1.29, 1.82) is 0 Å². The first-order chi connectivity index (χ1) is 9.78. The highest BCUT2D eigenvalue weighted by atomic mass is 35.5. The fraction of sp³-hybridized carbons (Fsp3) is 0.615. The number of aromatic nitrogens is 2. The molecular formula is C13H15ClN4O2S. The van der Waals surface area contributed by atoms with Gasteiger partial charge in [-0.2, -0.15) is 0 Å². The van der Waals surface area contributed by atoms with Gasteiger partial charge < -0.3 is 5.73 Å². The Morgan fingerprint density at radius 2 is 2.14 bits per heavy atom. The zero-order valence-corrected chi connectivity index (χ0v) is 13.1. The molecule has 8 heteroatoms. The lowest BCUT2D eigenvalue weighted by Gasteiger charge is -2.46. The molecular weight excluding hydrogens is 312 g/mol. The van der Waals surface area contributed by atoms with Crippen LogP contribution in [-0.4, -0.2) is 34.7 Å². The molecule has 0 unspecified atom stereocenters. The van der Waals surface area contributed by atoms with E-state index >= 15 is 0 Å². The Kier molecular flexibility index (Phi) is 2.41. The molecule has 1 spiro atoms. The van der Waals surface area contributed by atoms with Crippen LogP contribution in [0, 0.1) is 5.92 Å². The van der Waals surface area contributed by atoms with Gasteiger partial charge in [-0.15, -0.1) is 0 Å². The van der Waals surface area contributed by atoms with Gasteiger partial charge in [0.2, 0.25) is 5.28 Å². The molecule has 21 heavy (non-hydrogen) atoms. The van der Waals surface area contributed by atoms with Crippen molar-refractivity contribution in [3.63, 3.8) is 0 Å². The highest BCUT2D eigenvalue weighted by molar-refractivity contribution is 7.93. The summed E-state index contributed by atoms with van der Waals surface area (Å²) in [5, 5.41) is 0.106. The van der Waals surface area contributed by atoms with Crippen LogP contribution >= 0.6 is 11.6 Å².